The zero-order valence-electron chi connectivity index (χ0n) is 8.75. The van der Waals surface area contributed by atoms with Gasteiger partial charge in [-0.25, -0.2) is 8.42 Å². The molecule has 0 aromatic heterocycles. The quantitative estimate of drug-likeness (QED) is 0.737. The first-order chi connectivity index (χ1) is 7.49. The summed E-state index contributed by atoms with van der Waals surface area (Å²) in [7, 11) is -3.67. The number of carbonyl (C=O) groups excluding carboxylic acids is 1. The molecule has 0 aliphatic carbocycles. The molecule has 1 unspecified atom stereocenters. The molecule has 0 aliphatic rings. The lowest BCUT2D eigenvalue weighted by Crippen LogP contribution is -2.29. The molecule has 0 saturated heterocycles. The molecule has 0 amide bonds. The van der Waals surface area contributed by atoms with Gasteiger partial charge in [0.15, 0.2) is 15.6 Å². The molecule has 5 heteroatoms. The monoisotopic (exact) mass is 237 g/mol. The minimum absolute atomic E-state index is 0.344. The van der Waals surface area contributed by atoms with Gasteiger partial charge in [-0.05, 0) is 6.92 Å². The number of nitrogens with zero attached hydrogens (tertiary/aromatic N) is 1. The van der Waals surface area contributed by atoms with E-state index < -0.39 is 26.6 Å². The molecule has 1 aromatic rings. The van der Waals surface area contributed by atoms with Gasteiger partial charge in [-0.15, -0.1) is 0 Å². The minimum atomic E-state index is -3.67. The normalized spacial score (nSPS) is 12.8. The van der Waals surface area contributed by atoms with Crippen molar-refractivity contribution >= 4 is 15.6 Å². The van der Waals surface area contributed by atoms with E-state index in [4.69, 9.17) is 5.26 Å². The molecule has 0 saturated carbocycles. The van der Waals surface area contributed by atoms with Gasteiger partial charge in [0.05, 0.1) is 6.07 Å². The molecule has 1 rings (SSSR count). The van der Waals surface area contributed by atoms with Crippen LogP contribution in [0.5, 0.6) is 0 Å². The van der Waals surface area contributed by atoms with Crippen LogP contribution in [0.2, 0.25) is 0 Å². The Balaban J connectivity index is 2.97. The lowest BCUT2D eigenvalue weighted by atomic mass is 10.1. The first kappa shape index (κ1) is 12.4. The Bertz CT molecular complexity index is 514. The van der Waals surface area contributed by atoms with E-state index in [2.05, 4.69) is 0 Å². The Labute approximate surface area is 94.4 Å². The van der Waals surface area contributed by atoms with E-state index in [-0.39, 0.29) is 0 Å². The van der Waals surface area contributed by atoms with Crippen molar-refractivity contribution in [2.45, 2.75) is 12.2 Å². The highest BCUT2D eigenvalue weighted by Gasteiger charge is 2.28. The molecule has 1 aromatic carbocycles. The van der Waals surface area contributed by atoms with Crippen LogP contribution >= 0.6 is 0 Å². The predicted octanol–water partition coefficient (Wildman–Crippen LogP) is 1.20. The third-order valence-corrected chi connectivity index (χ3v) is 4.05. The number of ketones is 1. The molecule has 84 valence electrons. The lowest BCUT2D eigenvalue weighted by molar-refractivity contribution is 0.0991. The topological polar surface area (TPSA) is 75.0 Å². The maximum Gasteiger partial charge on any atom is 0.180 e. The van der Waals surface area contributed by atoms with E-state index in [1.807, 2.05) is 0 Å². The van der Waals surface area contributed by atoms with Crippen molar-refractivity contribution in [3.8, 4) is 6.07 Å². The summed E-state index contributed by atoms with van der Waals surface area (Å²) in [6.07, 6.45) is 0. The van der Waals surface area contributed by atoms with Gasteiger partial charge in [0.25, 0.3) is 0 Å². The standard InChI is InChI=1S/C11H11NO3S/c1-9(16(14,15)8-7-12)11(13)10-5-3-2-4-6-10/h2-6,9H,8H2,1H3. The summed E-state index contributed by atoms with van der Waals surface area (Å²) in [5.41, 5.74) is 0.344. The Morgan fingerprint density at radius 2 is 1.94 bits per heavy atom. The number of Topliss-reactive ketones (excluding diaryl/α,β-unsaturated/α-hetero) is 1. The minimum Gasteiger partial charge on any atom is -0.293 e. The molecule has 16 heavy (non-hydrogen) atoms. The number of nitriles is 1. The third kappa shape index (κ3) is 2.67. The summed E-state index contributed by atoms with van der Waals surface area (Å²) >= 11 is 0. The summed E-state index contributed by atoms with van der Waals surface area (Å²) in [6, 6.07) is 9.74. The summed E-state index contributed by atoms with van der Waals surface area (Å²) in [4.78, 5) is 11.8. The van der Waals surface area contributed by atoms with E-state index in [1.165, 1.54) is 6.92 Å². The molecule has 0 aliphatic heterocycles. The smallest absolute Gasteiger partial charge is 0.180 e. The van der Waals surface area contributed by atoms with Crippen molar-refractivity contribution < 1.29 is 13.2 Å². The molecule has 0 heterocycles. The van der Waals surface area contributed by atoms with Crippen LogP contribution in [-0.2, 0) is 9.84 Å². The van der Waals surface area contributed by atoms with Crippen molar-refractivity contribution in [2.24, 2.45) is 0 Å². The Morgan fingerprint density at radius 1 is 1.38 bits per heavy atom. The summed E-state index contributed by atoms with van der Waals surface area (Å²) in [6.45, 7) is 1.31. The van der Waals surface area contributed by atoms with E-state index in [0.717, 1.165) is 0 Å². The van der Waals surface area contributed by atoms with Crippen LogP contribution in [-0.4, -0.2) is 25.2 Å². The largest absolute Gasteiger partial charge is 0.293 e. The molecular weight excluding hydrogens is 226 g/mol. The number of sulfone groups is 1. The second kappa shape index (κ2) is 4.90. The van der Waals surface area contributed by atoms with Gasteiger partial charge in [-0.1, -0.05) is 30.3 Å². The van der Waals surface area contributed by atoms with Crippen molar-refractivity contribution in [3.63, 3.8) is 0 Å². The molecule has 0 bridgehead atoms. The van der Waals surface area contributed by atoms with E-state index >= 15 is 0 Å². The highest BCUT2D eigenvalue weighted by Crippen LogP contribution is 2.10. The molecule has 0 radical (unpaired) electrons. The van der Waals surface area contributed by atoms with Gasteiger partial charge in [-0.2, -0.15) is 5.26 Å². The Kier molecular flexibility index (Phi) is 3.80. The zero-order valence-corrected chi connectivity index (χ0v) is 9.57. The fourth-order valence-electron chi connectivity index (χ4n) is 1.22. The SMILES string of the molecule is CC(C(=O)c1ccccc1)S(=O)(=O)CC#N. The van der Waals surface area contributed by atoms with Crippen LogP contribution in [0.15, 0.2) is 30.3 Å². The zero-order chi connectivity index (χ0) is 12.2. The highest BCUT2D eigenvalue weighted by molar-refractivity contribution is 7.93. The number of hydrogen-bond donors (Lipinski definition) is 0. The average molecular weight is 237 g/mol. The maximum absolute atomic E-state index is 11.8. The number of rotatable bonds is 4. The van der Waals surface area contributed by atoms with E-state index in [9.17, 15) is 13.2 Å². The van der Waals surface area contributed by atoms with Crippen LogP contribution in [0.4, 0.5) is 0 Å². The molecule has 0 N–H and O–H groups in total. The summed E-state index contributed by atoms with van der Waals surface area (Å²) < 4.78 is 23.0. The van der Waals surface area contributed by atoms with E-state index in [0.29, 0.717) is 5.56 Å². The Morgan fingerprint density at radius 3 is 2.44 bits per heavy atom. The fraction of sp³-hybridized carbons (Fsp3) is 0.273. The first-order valence-electron chi connectivity index (χ1n) is 4.67. The third-order valence-electron chi connectivity index (χ3n) is 2.23. The van der Waals surface area contributed by atoms with Crippen LogP contribution in [0.3, 0.4) is 0 Å². The lowest BCUT2D eigenvalue weighted by Gasteiger charge is -2.09. The highest BCUT2D eigenvalue weighted by atomic mass is 32.2. The van der Waals surface area contributed by atoms with Gasteiger partial charge >= 0.3 is 0 Å². The van der Waals surface area contributed by atoms with Crippen LogP contribution < -0.4 is 0 Å². The van der Waals surface area contributed by atoms with Gasteiger partial charge in [-0.3, -0.25) is 4.79 Å². The van der Waals surface area contributed by atoms with Crippen LogP contribution in [0.25, 0.3) is 0 Å². The van der Waals surface area contributed by atoms with E-state index in [1.54, 1.807) is 36.4 Å². The van der Waals surface area contributed by atoms with Crippen LogP contribution in [0, 0.1) is 11.3 Å². The molecule has 0 spiro atoms. The maximum atomic E-state index is 11.8. The van der Waals surface area contributed by atoms with Crippen molar-refractivity contribution in [1.29, 1.82) is 5.26 Å². The molecule has 1 atom stereocenters. The second-order valence-corrected chi connectivity index (χ2v) is 5.66. The van der Waals surface area contributed by atoms with Gasteiger partial charge in [0, 0.05) is 5.56 Å². The van der Waals surface area contributed by atoms with Gasteiger partial charge in [0.1, 0.15) is 11.0 Å². The van der Waals surface area contributed by atoms with Crippen molar-refractivity contribution in [2.75, 3.05) is 5.75 Å². The average Bonchev–Trinajstić information content (AvgIpc) is 2.28. The first-order valence-corrected chi connectivity index (χ1v) is 6.38. The summed E-state index contributed by atoms with van der Waals surface area (Å²) in [5, 5.41) is 7.19. The van der Waals surface area contributed by atoms with Gasteiger partial charge in [0.2, 0.25) is 0 Å². The number of hydrogen-bond acceptors (Lipinski definition) is 4. The second-order valence-electron chi connectivity index (χ2n) is 3.34. The number of carbonyl (C=O) groups is 1. The molecular formula is C11H11NO3S. The Hall–Kier alpha value is -1.67. The van der Waals surface area contributed by atoms with Crippen molar-refractivity contribution in [3.05, 3.63) is 35.9 Å². The molecule has 0 fully saturated rings. The fourth-order valence-corrected chi connectivity index (χ4v) is 2.11. The summed E-state index contributed by atoms with van der Waals surface area (Å²) in [5.74, 6) is -1.11. The number of benzene rings is 1. The van der Waals surface area contributed by atoms with Crippen LogP contribution in [0.1, 0.15) is 17.3 Å². The predicted molar refractivity (Wildman–Crippen MR) is 59.6 cm³/mol. The van der Waals surface area contributed by atoms with Gasteiger partial charge < -0.3 is 0 Å². The van der Waals surface area contributed by atoms with Crippen molar-refractivity contribution in [1.82, 2.24) is 0 Å². The molecule has 4 nitrogen and oxygen atoms in total.